The van der Waals surface area contributed by atoms with E-state index in [0.717, 1.165) is 29.5 Å². The number of nitrogen functional groups attached to an aromatic ring is 1. The van der Waals surface area contributed by atoms with Gasteiger partial charge in [0.15, 0.2) is 0 Å². The zero-order valence-corrected chi connectivity index (χ0v) is 11.6. The van der Waals surface area contributed by atoms with E-state index >= 15 is 0 Å². The molecular formula is C12H15IN2O2. The molecule has 0 aromatic heterocycles. The molecule has 0 amide bonds. The standard InChI is InChI=1S/C12H15IN2O2/c13-9-4-5-10(11(14)8-9)12(16)17-15-6-2-1-3-7-15/h4-5,8H,1-3,6-7,14H2. The van der Waals surface area contributed by atoms with Crippen LogP contribution >= 0.6 is 22.6 Å². The summed E-state index contributed by atoms with van der Waals surface area (Å²) < 4.78 is 1.01. The third kappa shape index (κ3) is 3.32. The first-order valence-corrected chi connectivity index (χ1v) is 6.77. The zero-order chi connectivity index (χ0) is 12.3. The molecule has 4 nitrogen and oxygen atoms in total. The van der Waals surface area contributed by atoms with Gasteiger partial charge >= 0.3 is 5.97 Å². The third-order valence-electron chi connectivity index (χ3n) is 2.76. The van der Waals surface area contributed by atoms with Crippen molar-refractivity contribution in [3.05, 3.63) is 27.3 Å². The van der Waals surface area contributed by atoms with Crippen molar-refractivity contribution in [2.24, 2.45) is 0 Å². The van der Waals surface area contributed by atoms with Crippen LogP contribution in [0.3, 0.4) is 0 Å². The molecule has 0 aliphatic carbocycles. The molecule has 2 N–H and O–H groups in total. The Kier molecular flexibility index (Phi) is 4.22. The van der Waals surface area contributed by atoms with E-state index in [9.17, 15) is 4.79 Å². The highest BCUT2D eigenvalue weighted by Crippen LogP contribution is 2.18. The maximum atomic E-state index is 11.9. The summed E-state index contributed by atoms with van der Waals surface area (Å²) in [5.74, 6) is -0.360. The molecule has 0 unspecified atom stereocenters. The first kappa shape index (κ1) is 12.6. The van der Waals surface area contributed by atoms with Gasteiger partial charge in [-0.15, -0.1) is 5.06 Å². The summed E-state index contributed by atoms with van der Waals surface area (Å²) in [6.07, 6.45) is 3.37. The van der Waals surface area contributed by atoms with E-state index in [-0.39, 0.29) is 5.97 Å². The fraction of sp³-hybridized carbons (Fsp3) is 0.417. The Morgan fingerprint density at radius 3 is 2.65 bits per heavy atom. The van der Waals surface area contributed by atoms with Crippen molar-refractivity contribution in [1.29, 1.82) is 0 Å². The van der Waals surface area contributed by atoms with E-state index < -0.39 is 0 Å². The lowest BCUT2D eigenvalue weighted by molar-refractivity contribution is -0.119. The molecule has 1 fully saturated rings. The predicted molar refractivity (Wildman–Crippen MR) is 74.4 cm³/mol. The number of halogens is 1. The van der Waals surface area contributed by atoms with Crippen LogP contribution in [0.15, 0.2) is 18.2 Å². The second kappa shape index (κ2) is 5.68. The maximum Gasteiger partial charge on any atom is 0.359 e. The van der Waals surface area contributed by atoms with E-state index in [1.165, 1.54) is 6.42 Å². The van der Waals surface area contributed by atoms with E-state index in [4.69, 9.17) is 10.6 Å². The fourth-order valence-corrected chi connectivity index (χ4v) is 2.36. The van der Waals surface area contributed by atoms with E-state index in [2.05, 4.69) is 22.6 Å². The molecule has 1 aromatic carbocycles. The summed E-state index contributed by atoms with van der Waals surface area (Å²) >= 11 is 2.16. The van der Waals surface area contributed by atoms with Gasteiger partial charge in [0.2, 0.25) is 0 Å². The lowest BCUT2D eigenvalue weighted by Gasteiger charge is -2.24. The van der Waals surface area contributed by atoms with Crippen molar-refractivity contribution in [1.82, 2.24) is 5.06 Å². The second-order valence-corrected chi connectivity index (χ2v) is 5.35. The molecule has 0 saturated carbocycles. The van der Waals surface area contributed by atoms with Crippen LogP contribution in [0.4, 0.5) is 5.69 Å². The molecule has 17 heavy (non-hydrogen) atoms. The van der Waals surface area contributed by atoms with Crippen molar-refractivity contribution in [2.75, 3.05) is 18.8 Å². The lowest BCUT2D eigenvalue weighted by atomic mass is 10.2. The first-order chi connectivity index (χ1) is 8.16. The van der Waals surface area contributed by atoms with E-state index in [0.29, 0.717) is 11.3 Å². The Hall–Kier alpha value is -0.820. The fourth-order valence-electron chi connectivity index (χ4n) is 1.84. The highest BCUT2D eigenvalue weighted by molar-refractivity contribution is 14.1. The maximum absolute atomic E-state index is 11.9. The van der Waals surface area contributed by atoms with Gasteiger partial charge in [-0.05, 0) is 53.6 Å². The summed E-state index contributed by atoms with van der Waals surface area (Å²) in [5.41, 5.74) is 6.72. The van der Waals surface area contributed by atoms with Crippen LogP contribution in [-0.4, -0.2) is 24.1 Å². The number of anilines is 1. The van der Waals surface area contributed by atoms with Crippen LogP contribution in [0.2, 0.25) is 0 Å². The van der Waals surface area contributed by atoms with E-state index in [1.807, 2.05) is 6.07 Å². The smallest absolute Gasteiger partial charge is 0.359 e. The summed E-state index contributed by atoms with van der Waals surface area (Å²) in [4.78, 5) is 17.2. The molecule has 0 spiro atoms. The van der Waals surface area contributed by atoms with Gasteiger partial charge < -0.3 is 10.6 Å². The van der Waals surface area contributed by atoms with E-state index in [1.54, 1.807) is 17.2 Å². The minimum atomic E-state index is -0.360. The van der Waals surface area contributed by atoms with Crippen LogP contribution in [0, 0.1) is 3.57 Å². The van der Waals surface area contributed by atoms with Crippen LogP contribution in [0.5, 0.6) is 0 Å². The van der Waals surface area contributed by atoms with Crippen molar-refractivity contribution in [3.8, 4) is 0 Å². The lowest BCUT2D eigenvalue weighted by Crippen LogP contribution is -2.32. The van der Waals surface area contributed by atoms with Crippen LogP contribution in [0.1, 0.15) is 29.6 Å². The quantitative estimate of drug-likeness (QED) is 0.660. The van der Waals surface area contributed by atoms with Gasteiger partial charge in [-0.2, -0.15) is 0 Å². The summed E-state index contributed by atoms with van der Waals surface area (Å²) in [6.45, 7) is 1.63. The Morgan fingerprint density at radius 2 is 2.00 bits per heavy atom. The Bertz CT molecular complexity index is 417. The SMILES string of the molecule is Nc1cc(I)ccc1C(=O)ON1CCCCC1. The molecule has 2 rings (SSSR count). The molecule has 1 aliphatic rings. The normalized spacial score (nSPS) is 16.8. The molecule has 1 saturated heterocycles. The van der Waals surface area contributed by atoms with Crippen LogP contribution in [-0.2, 0) is 4.84 Å². The average Bonchev–Trinajstić information content (AvgIpc) is 2.30. The number of nitrogens with zero attached hydrogens (tertiary/aromatic N) is 1. The van der Waals surface area contributed by atoms with Gasteiger partial charge in [-0.25, -0.2) is 4.79 Å². The number of hydrogen-bond acceptors (Lipinski definition) is 4. The van der Waals surface area contributed by atoms with Crippen molar-refractivity contribution < 1.29 is 9.63 Å². The van der Waals surface area contributed by atoms with Crippen LogP contribution in [0.25, 0.3) is 0 Å². The van der Waals surface area contributed by atoms with Gasteiger partial charge in [0.25, 0.3) is 0 Å². The molecule has 0 radical (unpaired) electrons. The van der Waals surface area contributed by atoms with Gasteiger partial charge in [0.05, 0.1) is 5.56 Å². The second-order valence-electron chi connectivity index (χ2n) is 4.10. The number of carbonyl (C=O) groups excluding carboxylic acids is 1. The topological polar surface area (TPSA) is 55.6 Å². The highest BCUT2D eigenvalue weighted by Gasteiger charge is 2.18. The Morgan fingerprint density at radius 1 is 1.29 bits per heavy atom. The summed E-state index contributed by atoms with van der Waals surface area (Å²) in [5, 5.41) is 1.73. The van der Waals surface area contributed by atoms with Crippen molar-refractivity contribution in [2.45, 2.75) is 19.3 Å². The molecule has 1 heterocycles. The number of hydroxylamine groups is 2. The third-order valence-corrected chi connectivity index (χ3v) is 3.43. The largest absolute Gasteiger partial charge is 0.398 e. The molecular weight excluding hydrogens is 331 g/mol. The predicted octanol–water partition coefficient (Wildman–Crippen LogP) is 2.43. The highest BCUT2D eigenvalue weighted by atomic mass is 127. The minimum absolute atomic E-state index is 0.360. The number of hydrogen-bond donors (Lipinski definition) is 1. The van der Waals surface area contributed by atoms with Gasteiger partial charge in [0.1, 0.15) is 0 Å². The zero-order valence-electron chi connectivity index (χ0n) is 9.49. The molecule has 1 aliphatic heterocycles. The average molecular weight is 346 g/mol. The summed E-state index contributed by atoms with van der Waals surface area (Å²) in [7, 11) is 0. The molecule has 92 valence electrons. The summed E-state index contributed by atoms with van der Waals surface area (Å²) in [6, 6.07) is 5.33. The molecule has 0 atom stereocenters. The van der Waals surface area contributed by atoms with Crippen LogP contribution < -0.4 is 5.73 Å². The number of nitrogens with two attached hydrogens (primary N) is 1. The minimum Gasteiger partial charge on any atom is -0.398 e. The monoisotopic (exact) mass is 346 g/mol. The van der Waals surface area contributed by atoms with Crippen molar-refractivity contribution >= 4 is 34.2 Å². The first-order valence-electron chi connectivity index (χ1n) is 5.69. The molecule has 5 heteroatoms. The Labute approximate surface area is 114 Å². The van der Waals surface area contributed by atoms with Crippen molar-refractivity contribution in [3.63, 3.8) is 0 Å². The van der Waals surface area contributed by atoms with Gasteiger partial charge in [-0.3, -0.25) is 0 Å². The molecule has 0 bridgehead atoms. The molecule has 1 aromatic rings. The van der Waals surface area contributed by atoms with Gasteiger partial charge in [-0.1, -0.05) is 6.42 Å². The number of piperidine rings is 1. The Balaban J connectivity index is 2.03. The number of benzene rings is 1. The number of rotatable bonds is 2. The van der Waals surface area contributed by atoms with Gasteiger partial charge in [0, 0.05) is 22.3 Å². The number of carbonyl (C=O) groups is 1.